The van der Waals surface area contributed by atoms with Crippen molar-refractivity contribution in [3.8, 4) is 0 Å². The van der Waals surface area contributed by atoms with Gasteiger partial charge in [0, 0.05) is 12.1 Å². The average molecular weight is 261 g/mol. The smallest absolute Gasteiger partial charge is 0.252 e. The lowest BCUT2D eigenvalue weighted by Crippen LogP contribution is -2.53. The first-order valence-electron chi connectivity index (χ1n) is 6.35. The summed E-state index contributed by atoms with van der Waals surface area (Å²) < 4.78 is 0. The molecule has 0 saturated heterocycles. The lowest BCUT2D eigenvalue weighted by Gasteiger charge is -2.23. The standard InChI is InChI=1S/C14H19N3O2/c1-14(2,13(15)19)17-12(18)10-4-3-9-5-6-16-8-11(9)7-10/h3-4,7,16H,5-6,8H2,1-2H3,(H2,15,19)(H,17,18). The van der Waals surface area contributed by atoms with Crippen molar-refractivity contribution in [3.63, 3.8) is 0 Å². The monoisotopic (exact) mass is 261 g/mol. The molecule has 1 aromatic rings. The molecule has 0 saturated carbocycles. The van der Waals surface area contributed by atoms with Gasteiger partial charge in [-0.25, -0.2) is 0 Å². The Labute approximate surface area is 112 Å². The van der Waals surface area contributed by atoms with Gasteiger partial charge in [-0.1, -0.05) is 6.07 Å². The number of primary amides is 1. The largest absolute Gasteiger partial charge is 0.368 e. The Morgan fingerprint density at radius 2 is 2.05 bits per heavy atom. The van der Waals surface area contributed by atoms with Crippen molar-refractivity contribution >= 4 is 11.8 Å². The van der Waals surface area contributed by atoms with E-state index in [1.54, 1.807) is 19.9 Å². The predicted octanol–water partition coefficient (Wildman–Crippen LogP) is 0.326. The summed E-state index contributed by atoms with van der Waals surface area (Å²) >= 11 is 0. The van der Waals surface area contributed by atoms with Crippen molar-refractivity contribution in [1.82, 2.24) is 10.6 Å². The van der Waals surface area contributed by atoms with Crippen molar-refractivity contribution in [2.24, 2.45) is 5.73 Å². The summed E-state index contributed by atoms with van der Waals surface area (Å²) in [6.45, 7) is 4.92. The Hall–Kier alpha value is -1.88. The number of benzene rings is 1. The van der Waals surface area contributed by atoms with E-state index in [9.17, 15) is 9.59 Å². The summed E-state index contributed by atoms with van der Waals surface area (Å²) in [6, 6.07) is 5.63. The molecule has 0 aliphatic carbocycles. The quantitative estimate of drug-likeness (QED) is 0.733. The van der Waals surface area contributed by atoms with Gasteiger partial charge in [-0.3, -0.25) is 9.59 Å². The van der Waals surface area contributed by atoms with Crippen LogP contribution in [0.3, 0.4) is 0 Å². The lowest BCUT2D eigenvalue weighted by atomic mass is 9.97. The summed E-state index contributed by atoms with van der Waals surface area (Å²) in [5.74, 6) is -0.836. The Morgan fingerprint density at radius 3 is 2.74 bits per heavy atom. The molecule has 0 atom stereocenters. The third-order valence-electron chi connectivity index (χ3n) is 3.40. The second-order valence-corrected chi connectivity index (χ2v) is 5.35. The van der Waals surface area contributed by atoms with Crippen LogP contribution in [0.1, 0.15) is 35.3 Å². The first kappa shape index (κ1) is 13.5. The molecule has 4 N–H and O–H groups in total. The molecule has 1 heterocycles. The molecule has 0 unspecified atom stereocenters. The van der Waals surface area contributed by atoms with Crippen molar-refractivity contribution < 1.29 is 9.59 Å². The molecule has 0 fully saturated rings. The molecule has 0 spiro atoms. The van der Waals surface area contributed by atoms with E-state index >= 15 is 0 Å². The fraction of sp³-hybridized carbons (Fsp3) is 0.429. The Morgan fingerprint density at radius 1 is 1.32 bits per heavy atom. The topological polar surface area (TPSA) is 84.2 Å². The van der Waals surface area contributed by atoms with Crippen LogP contribution in [0, 0.1) is 0 Å². The molecule has 2 amide bonds. The van der Waals surface area contributed by atoms with Crippen LogP contribution in [0.4, 0.5) is 0 Å². The molecule has 5 nitrogen and oxygen atoms in total. The third-order valence-corrected chi connectivity index (χ3v) is 3.40. The van der Waals surface area contributed by atoms with Gasteiger partial charge in [0.05, 0.1) is 0 Å². The van der Waals surface area contributed by atoms with E-state index in [0.717, 1.165) is 25.1 Å². The number of carbonyl (C=O) groups excluding carboxylic acids is 2. The first-order valence-corrected chi connectivity index (χ1v) is 6.35. The maximum Gasteiger partial charge on any atom is 0.252 e. The van der Waals surface area contributed by atoms with Crippen LogP contribution in [0.15, 0.2) is 18.2 Å². The van der Waals surface area contributed by atoms with E-state index in [-0.39, 0.29) is 5.91 Å². The number of hydrogen-bond donors (Lipinski definition) is 3. The number of carbonyl (C=O) groups is 2. The van der Waals surface area contributed by atoms with Crippen LogP contribution in [-0.2, 0) is 17.8 Å². The van der Waals surface area contributed by atoms with Gasteiger partial charge in [0.25, 0.3) is 5.91 Å². The van der Waals surface area contributed by atoms with Gasteiger partial charge in [-0.05, 0) is 50.1 Å². The Balaban J connectivity index is 2.18. The summed E-state index contributed by atoms with van der Waals surface area (Å²) in [5.41, 5.74) is 7.15. The Kier molecular flexibility index (Phi) is 3.57. The summed E-state index contributed by atoms with van der Waals surface area (Å²) in [6.07, 6.45) is 0.976. The predicted molar refractivity (Wildman–Crippen MR) is 72.6 cm³/mol. The van der Waals surface area contributed by atoms with Gasteiger partial charge in [0.2, 0.25) is 5.91 Å². The minimum Gasteiger partial charge on any atom is -0.368 e. The second kappa shape index (κ2) is 5.01. The fourth-order valence-electron chi connectivity index (χ4n) is 2.04. The highest BCUT2D eigenvalue weighted by molar-refractivity contribution is 5.98. The van der Waals surface area contributed by atoms with E-state index < -0.39 is 11.4 Å². The van der Waals surface area contributed by atoms with E-state index in [4.69, 9.17) is 5.73 Å². The van der Waals surface area contributed by atoms with Crippen molar-refractivity contribution in [2.75, 3.05) is 6.54 Å². The van der Waals surface area contributed by atoms with Crippen LogP contribution in [0.25, 0.3) is 0 Å². The highest BCUT2D eigenvalue weighted by Crippen LogP contribution is 2.16. The lowest BCUT2D eigenvalue weighted by molar-refractivity contribution is -0.122. The Bertz CT molecular complexity index is 523. The first-order chi connectivity index (χ1) is 8.90. The number of amides is 2. The number of hydrogen-bond acceptors (Lipinski definition) is 3. The van der Waals surface area contributed by atoms with Crippen LogP contribution < -0.4 is 16.4 Å². The minimum atomic E-state index is -1.05. The molecule has 0 aromatic heterocycles. The van der Waals surface area contributed by atoms with E-state index in [0.29, 0.717) is 5.56 Å². The van der Waals surface area contributed by atoms with Crippen LogP contribution in [-0.4, -0.2) is 23.9 Å². The number of nitrogens with one attached hydrogen (secondary N) is 2. The van der Waals surface area contributed by atoms with Crippen molar-refractivity contribution in [1.29, 1.82) is 0 Å². The molecule has 0 radical (unpaired) electrons. The molecule has 19 heavy (non-hydrogen) atoms. The summed E-state index contributed by atoms with van der Waals surface area (Å²) in [5, 5.41) is 5.91. The molecule has 1 aliphatic heterocycles. The summed E-state index contributed by atoms with van der Waals surface area (Å²) in [7, 11) is 0. The normalized spacial score (nSPS) is 14.6. The SMILES string of the molecule is CC(C)(NC(=O)c1ccc2c(c1)CNCC2)C(N)=O. The minimum absolute atomic E-state index is 0.280. The highest BCUT2D eigenvalue weighted by Gasteiger charge is 2.27. The van der Waals surface area contributed by atoms with Gasteiger partial charge >= 0.3 is 0 Å². The molecule has 0 bridgehead atoms. The zero-order chi connectivity index (χ0) is 14.0. The maximum atomic E-state index is 12.1. The molecule has 102 valence electrons. The molecule has 5 heteroatoms. The van der Waals surface area contributed by atoms with Crippen LogP contribution >= 0.6 is 0 Å². The maximum absolute atomic E-state index is 12.1. The average Bonchev–Trinajstić information content (AvgIpc) is 2.37. The van der Waals surface area contributed by atoms with Crippen LogP contribution in [0.2, 0.25) is 0 Å². The molecular weight excluding hydrogens is 242 g/mol. The van der Waals surface area contributed by atoms with Gasteiger partial charge < -0.3 is 16.4 Å². The van der Waals surface area contributed by atoms with Gasteiger partial charge in [-0.15, -0.1) is 0 Å². The van der Waals surface area contributed by atoms with Crippen molar-refractivity contribution in [3.05, 3.63) is 34.9 Å². The van der Waals surface area contributed by atoms with Crippen molar-refractivity contribution in [2.45, 2.75) is 32.4 Å². The van der Waals surface area contributed by atoms with E-state index in [1.807, 2.05) is 12.1 Å². The van der Waals surface area contributed by atoms with Gasteiger partial charge in [-0.2, -0.15) is 0 Å². The molecule has 1 aliphatic rings. The second-order valence-electron chi connectivity index (χ2n) is 5.35. The van der Waals surface area contributed by atoms with E-state index in [1.165, 1.54) is 5.56 Å². The van der Waals surface area contributed by atoms with E-state index in [2.05, 4.69) is 10.6 Å². The highest BCUT2D eigenvalue weighted by atomic mass is 16.2. The number of fused-ring (bicyclic) bond motifs is 1. The number of nitrogens with two attached hydrogens (primary N) is 1. The van der Waals surface area contributed by atoms with Gasteiger partial charge in [0.15, 0.2) is 0 Å². The zero-order valence-electron chi connectivity index (χ0n) is 11.2. The zero-order valence-corrected chi connectivity index (χ0v) is 11.2. The molecular formula is C14H19N3O2. The summed E-state index contributed by atoms with van der Waals surface area (Å²) in [4.78, 5) is 23.3. The van der Waals surface area contributed by atoms with Gasteiger partial charge in [0.1, 0.15) is 5.54 Å². The van der Waals surface area contributed by atoms with Crippen LogP contribution in [0.5, 0.6) is 0 Å². The fourth-order valence-corrected chi connectivity index (χ4v) is 2.04. The number of rotatable bonds is 3. The molecule has 1 aromatic carbocycles. The molecule has 2 rings (SSSR count). The third kappa shape index (κ3) is 2.93.